The minimum atomic E-state index is 0.338. The summed E-state index contributed by atoms with van der Waals surface area (Å²) in [5.41, 5.74) is 2.36. The van der Waals surface area contributed by atoms with Gasteiger partial charge in [-0.3, -0.25) is 0 Å². The average Bonchev–Trinajstić information content (AvgIpc) is 3.26. The lowest BCUT2D eigenvalue weighted by molar-refractivity contribution is 0.411. The second-order valence-electron chi connectivity index (χ2n) is 4.73. The number of benzene rings is 2. The number of nitrogens with zero attached hydrogens (tertiary/aromatic N) is 3. The predicted octanol–water partition coefficient (Wildman–Crippen LogP) is 4.06. The molecule has 0 aliphatic heterocycles. The number of rotatable bonds is 3. The fourth-order valence-electron chi connectivity index (χ4n) is 2.15. The predicted molar refractivity (Wildman–Crippen MR) is 80.7 cm³/mol. The molecule has 2 aromatic carbocycles. The number of aromatic nitrogens is 3. The van der Waals surface area contributed by atoms with Crippen LogP contribution in [0.1, 0.15) is 0 Å². The third-order valence-corrected chi connectivity index (χ3v) is 3.25. The number of hydrogen-bond donors (Lipinski definition) is 0. The molecule has 2 heterocycles. The minimum absolute atomic E-state index is 0.338. The maximum Gasteiger partial charge on any atom is 0.280 e. The smallest absolute Gasteiger partial charge is 0.280 e. The van der Waals surface area contributed by atoms with Crippen molar-refractivity contribution < 1.29 is 9.05 Å². The van der Waals surface area contributed by atoms with Crippen LogP contribution in [-0.2, 0) is 0 Å². The van der Waals surface area contributed by atoms with Gasteiger partial charge in [0.15, 0.2) is 11.5 Å². The molecule has 0 aliphatic carbocycles. The van der Waals surface area contributed by atoms with Gasteiger partial charge in [-0.2, -0.15) is 4.98 Å². The molecular formula is C17H11N3O2. The van der Waals surface area contributed by atoms with Crippen molar-refractivity contribution in [3.05, 3.63) is 66.7 Å². The van der Waals surface area contributed by atoms with Gasteiger partial charge in [0.2, 0.25) is 5.82 Å². The largest absolute Gasteiger partial charge is 0.355 e. The van der Waals surface area contributed by atoms with Crippen molar-refractivity contribution in [2.75, 3.05) is 0 Å². The summed E-state index contributed by atoms with van der Waals surface area (Å²) < 4.78 is 10.6. The van der Waals surface area contributed by atoms with Gasteiger partial charge >= 0.3 is 0 Å². The average molecular weight is 289 g/mol. The Morgan fingerprint density at radius 2 is 1.36 bits per heavy atom. The molecule has 5 nitrogen and oxygen atoms in total. The molecule has 4 rings (SSSR count). The van der Waals surface area contributed by atoms with Gasteiger partial charge in [0.1, 0.15) is 0 Å². The van der Waals surface area contributed by atoms with Gasteiger partial charge in [-0.05, 0) is 0 Å². The second-order valence-corrected chi connectivity index (χ2v) is 4.73. The molecule has 22 heavy (non-hydrogen) atoms. The summed E-state index contributed by atoms with van der Waals surface area (Å²) in [5, 5.41) is 7.98. The van der Waals surface area contributed by atoms with Crippen molar-refractivity contribution in [1.29, 1.82) is 0 Å². The zero-order valence-electron chi connectivity index (χ0n) is 11.5. The van der Waals surface area contributed by atoms with Crippen molar-refractivity contribution in [2.24, 2.45) is 0 Å². The lowest BCUT2D eigenvalue weighted by atomic mass is 10.2. The molecule has 2 aromatic heterocycles. The van der Waals surface area contributed by atoms with Gasteiger partial charge in [-0.15, -0.1) is 0 Å². The third-order valence-electron chi connectivity index (χ3n) is 3.25. The van der Waals surface area contributed by atoms with E-state index in [-0.39, 0.29) is 0 Å². The first-order valence-corrected chi connectivity index (χ1v) is 6.82. The van der Waals surface area contributed by atoms with Crippen LogP contribution in [0, 0.1) is 0 Å². The van der Waals surface area contributed by atoms with Crippen LogP contribution in [0.25, 0.3) is 34.3 Å². The van der Waals surface area contributed by atoms with Crippen LogP contribution in [0.3, 0.4) is 0 Å². The topological polar surface area (TPSA) is 65.0 Å². The standard InChI is InChI=1S/C17H11N3O2/c1-3-7-12(8-4-1)15-11-14(19-21-15)17-18-16(20-22-17)13-9-5-2-6-10-13/h1-11H. The Bertz CT molecular complexity index is 807. The van der Waals surface area contributed by atoms with Crippen LogP contribution in [0.5, 0.6) is 0 Å². The van der Waals surface area contributed by atoms with Gasteiger partial charge in [0.05, 0.1) is 0 Å². The van der Waals surface area contributed by atoms with Gasteiger partial charge in [-0.25, -0.2) is 0 Å². The van der Waals surface area contributed by atoms with E-state index in [2.05, 4.69) is 15.3 Å². The van der Waals surface area contributed by atoms with E-state index >= 15 is 0 Å². The Labute approximate surface area is 126 Å². The van der Waals surface area contributed by atoms with Crippen molar-refractivity contribution >= 4 is 0 Å². The highest BCUT2D eigenvalue weighted by molar-refractivity contribution is 5.63. The monoisotopic (exact) mass is 289 g/mol. The molecule has 0 saturated heterocycles. The Kier molecular flexibility index (Phi) is 3.01. The molecule has 5 heteroatoms. The summed E-state index contributed by atoms with van der Waals surface area (Å²) in [6.45, 7) is 0. The van der Waals surface area contributed by atoms with E-state index in [0.717, 1.165) is 11.1 Å². The highest BCUT2D eigenvalue weighted by Crippen LogP contribution is 2.26. The van der Waals surface area contributed by atoms with E-state index < -0.39 is 0 Å². The van der Waals surface area contributed by atoms with E-state index in [1.165, 1.54) is 0 Å². The molecule has 106 valence electrons. The molecule has 0 radical (unpaired) electrons. The molecule has 0 amide bonds. The van der Waals surface area contributed by atoms with Crippen LogP contribution in [-0.4, -0.2) is 15.3 Å². The molecule has 0 saturated carbocycles. The van der Waals surface area contributed by atoms with Gasteiger partial charge < -0.3 is 9.05 Å². The van der Waals surface area contributed by atoms with Crippen LogP contribution in [0.4, 0.5) is 0 Å². The Balaban J connectivity index is 1.66. The summed E-state index contributed by atoms with van der Waals surface area (Å²) in [5.74, 6) is 1.53. The van der Waals surface area contributed by atoms with Crippen LogP contribution < -0.4 is 0 Å². The first kappa shape index (κ1) is 12.5. The molecule has 4 aromatic rings. The van der Waals surface area contributed by atoms with E-state index in [1.807, 2.05) is 60.7 Å². The molecule has 0 aliphatic rings. The van der Waals surface area contributed by atoms with Crippen molar-refractivity contribution in [3.8, 4) is 34.3 Å². The highest BCUT2D eigenvalue weighted by Gasteiger charge is 2.15. The van der Waals surface area contributed by atoms with Crippen molar-refractivity contribution in [1.82, 2.24) is 15.3 Å². The van der Waals surface area contributed by atoms with Gasteiger partial charge in [0.25, 0.3) is 5.89 Å². The summed E-state index contributed by atoms with van der Waals surface area (Å²) >= 11 is 0. The minimum Gasteiger partial charge on any atom is -0.355 e. The molecule has 0 N–H and O–H groups in total. The van der Waals surface area contributed by atoms with E-state index in [4.69, 9.17) is 9.05 Å². The SMILES string of the molecule is c1ccc(-c2noc(-c3cc(-c4ccccc4)on3)n2)cc1. The van der Waals surface area contributed by atoms with Crippen molar-refractivity contribution in [3.63, 3.8) is 0 Å². The maximum absolute atomic E-state index is 5.34. The lowest BCUT2D eigenvalue weighted by Crippen LogP contribution is -1.80. The highest BCUT2D eigenvalue weighted by atomic mass is 16.5. The molecule has 0 spiro atoms. The Morgan fingerprint density at radius 1 is 0.682 bits per heavy atom. The first-order chi connectivity index (χ1) is 10.9. The Hall–Kier alpha value is -3.21. The molecule has 0 fully saturated rings. The maximum atomic E-state index is 5.34. The van der Waals surface area contributed by atoms with Crippen LogP contribution in [0.15, 0.2) is 75.8 Å². The fraction of sp³-hybridized carbons (Fsp3) is 0. The second kappa shape index (κ2) is 5.29. The van der Waals surface area contributed by atoms with Gasteiger partial charge in [-0.1, -0.05) is 71.0 Å². The summed E-state index contributed by atoms with van der Waals surface area (Å²) in [6, 6.07) is 21.2. The molecule has 0 bridgehead atoms. The lowest BCUT2D eigenvalue weighted by Gasteiger charge is -1.91. The zero-order chi connectivity index (χ0) is 14.8. The summed E-state index contributed by atoms with van der Waals surface area (Å²) in [7, 11) is 0. The van der Waals surface area contributed by atoms with E-state index in [0.29, 0.717) is 23.2 Å². The normalized spacial score (nSPS) is 10.7. The summed E-state index contributed by atoms with van der Waals surface area (Å²) in [6.07, 6.45) is 0. The number of hydrogen-bond acceptors (Lipinski definition) is 5. The van der Waals surface area contributed by atoms with Gasteiger partial charge in [0, 0.05) is 17.2 Å². The van der Waals surface area contributed by atoms with Crippen molar-refractivity contribution in [2.45, 2.75) is 0 Å². The van der Waals surface area contributed by atoms with E-state index in [9.17, 15) is 0 Å². The third kappa shape index (κ3) is 2.29. The van der Waals surface area contributed by atoms with E-state index in [1.54, 1.807) is 6.07 Å². The zero-order valence-corrected chi connectivity index (χ0v) is 11.5. The molecular weight excluding hydrogens is 278 g/mol. The van der Waals surface area contributed by atoms with Crippen LogP contribution in [0.2, 0.25) is 0 Å². The quantitative estimate of drug-likeness (QED) is 0.569. The Morgan fingerprint density at radius 3 is 2.09 bits per heavy atom. The fourth-order valence-corrected chi connectivity index (χ4v) is 2.15. The van der Waals surface area contributed by atoms with Crippen LogP contribution >= 0.6 is 0 Å². The molecule has 0 unspecified atom stereocenters. The molecule has 0 atom stereocenters. The summed E-state index contributed by atoms with van der Waals surface area (Å²) in [4.78, 5) is 4.36. The first-order valence-electron chi connectivity index (χ1n) is 6.82.